The number of hydrogen-bond donors (Lipinski definition) is 2. The number of amides is 2. The number of ether oxygens (including phenoxy) is 1. The zero-order valence-corrected chi connectivity index (χ0v) is 10.7. The van der Waals surface area contributed by atoms with Crippen LogP contribution in [0.3, 0.4) is 0 Å². The predicted molar refractivity (Wildman–Crippen MR) is 70.4 cm³/mol. The van der Waals surface area contributed by atoms with E-state index < -0.39 is 6.09 Å². The lowest BCUT2D eigenvalue weighted by Crippen LogP contribution is -2.37. The summed E-state index contributed by atoms with van der Waals surface area (Å²) in [5, 5.41) is 5.51. The Morgan fingerprint density at radius 1 is 1.37 bits per heavy atom. The molecule has 0 unspecified atom stereocenters. The highest BCUT2D eigenvalue weighted by Crippen LogP contribution is 2.07. The molecule has 1 fully saturated rings. The summed E-state index contributed by atoms with van der Waals surface area (Å²) in [6.45, 7) is 0.918. The van der Waals surface area contributed by atoms with E-state index in [0.717, 1.165) is 18.4 Å². The van der Waals surface area contributed by atoms with Crippen LogP contribution in [0.25, 0.3) is 0 Å². The Kier molecular flexibility index (Phi) is 4.78. The van der Waals surface area contributed by atoms with Crippen LogP contribution in [0.15, 0.2) is 30.3 Å². The molecule has 2 amide bonds. The summed E-state index contributed by atoms with van der Waals surface area (Å²) in [6, 6.07) is 9.36. The lowest BCUT2D eigenvalue weighted by Gasteiger charge is -2.15. The molecule has 0 aromatic heterocycles. The van der Waals surface area contributed by atoms with Gasteiger partial charge in [0.15, 0.2) is 0 Å². The Balaban J connectivity index is 1.76. The fraction of sp³-hybridized carbons (Fsp3) is 0.429. The number of carbonyl (C=O) groups excluding carboxylic acids is 2. The van der Waals surface area contributed by atoms with E-state index in [4.69, 9.17) is 4.74 Å². The molecule has 2 N–H and O–H groups in total. The van der Waals surface area contributed by atoms with Gasteiger partial charge in [0.25, 0.3) is 0 Å². The summed E-state index contributed by atoms with van der Waals surface area (Å²) in [7, 11) is 0. The van der Waals surface area contributed by atoms with E-state index >= 15 is 0 Å². The second-order valence-electron chi connectivity index (χ2n) is 4.60. The standard InChI is InChI=1S/C14H18N2O3/c17-13-9-12(7-4-8-15-13)16-14(18)19-10-11-5-2-1-3-6-11/h1-3,5-6,12H,4,7-10H2,(H,15,17)(H,16,18)/t12-/m0/s1. The highest BCUT2D eigenvalue weighted by atomic mass is 16.5. The summed E-state index contributed by atoms with van der Waals surface area (Å²) in [5.74, 6) is -0.0224. The number of nitrogens with one attached hydrogen (secondary N) is 2. The van der Waals surface area contributed by atoms with Crippen LogP contribution in [0.2, 0.25) is 0 Å². The number of benzene rings is 1. The molecule has 19 heavy (non-hydrogen) atoms. The molecule has 0 bridgehead atoms. The number of hydrogen-bond acceptors (Lipinski definition) is 3. The van der Waals surface area contributed by atoms with Crippen molar-refractivity contribution in [3.63, 3.8) is 0 Å². The highest BCUT2D eigenvalue weighted by Gasteiger charge is 2.19. The molecule has 1 saturated heterocycles. The van der Waals surface area contributed by atoms with Gasteiger partial charge in [-0.25, -0.2) is 4.79 Å². The van der Waals surface area contributed by atoms with Gasteiger partial charge < -0.3 is 15.4 Å². The molecule has 1 atom stereocenters. The summed E-state index contributed by atoms with van der Waals surface area (Å²) in [6.07, 6.45) is 1.51. The van der Waals surface area contributed by atoms with Crippen molar-refractivity contribution >= 4 is 12.0 Å². The fourth-order valence-corrected chi connectivity index (χ4v) is 2.03. The van der Waals surface area contributed by atoms with Crippen molar-refractivity contribution in [3.05, 3.63) is 35.9 Å². The number of alkyl carbamates (subject to hydrolysis) is 1. The molecule has 0 aliphatic carbocycles. The van der Waals surface area contributed by atoms with Crippen LogP contribution < -0.4 is 10.6 Å². The van der Waals surface area contributed by atoms with Gasteiger partial charge in [0.05, 0.1) is 0 Å². The Bertz CT molecular complexity index is 434. The molecule has 1 aromatic carbocycles. The third-order valence-corrected chi connectivity index (χ3v) is 3.02. The maximum absolute atomic E-state index is 11.6. The Morgan fingerprint density at radius 3 is 2.95 bits per heavy atom. The van der Waals surface area contributed by atoms with Gasteiger partial charge >= 0.3 is 6.09 Å². The van der Waals surface area contributed by atoms with Crippen LogP contribution in [0.5, 0.6) is 0 Å². The van der Waals surface area contributed by atoms with E-state index in [9.17, 15) is 9.59 Å². The summed E-state index contributed by atoms with van der Waals surface area (Å²) < 4.78 is 5.13. The third kappa shape index (κ3) is 4.62. The van der Waals surface area contributed by atoms with Gasteiger partial charge in [-0.15, -0.1) is 0 Å². The third-order valence-electron chi connectivity index (χ3n) is 3.02. The SMILES string of the molecule is O=C1C[C@@H](NC(=O)OCc2ccccc2)CCCN1. The first-order chi connectivity index (χ1) is 9.24. The largest absolute Gasteiger partial charge is 0.445 e. The molecule has 1 aliphatic rings. The highest BCUT2D eigenvalue weighted by molar-refractivity contribution is 5.77. The van der Waals surface area contributed by atoms with Gasteiger partial charge in [-0.2, -0.15) is 0 Å². The molecule has 1 aliphatic heterocycles. The average molecular weight is 262 g/mol. The van der Waals surface area contributed by atoms with Gasteiger partial charge in [0.2, 0.25) is 5.91 Å². The quantitative estimate of drug-likeness (QED) is 0.869. The minimum atomic E-state index is -0.469. The van der Waals surface area contributed by atoms with E-state index in [-0.39, 0.29) is 18.6 Å². The van der Waals surface area contributed by atoms with Crippen molar-refractivity contribution < 1.29 is 14.3 Å². The second kappa shape index (κ2) is 6.78. The minimum absolute atomic E-state index is 0.0224. The second-order valence-corrected chi connectivity index (χ2v) is 4.60. The van der Waals surface area contributed by atoms with Gasteiger partial charge in [-0.1, -0.05) is 30.3 Å². The molecule has 1 aromatic rings. The molecular formula is C14H18N2O3. The minimum Gasteiger partial charge on any atom is -0.445 e. The Morgan fingerprint density at radius 2 is 2.16 bits per heavy atom. The Labute approximate surface area is 112 Å². The molecule has 0 saturated carbocycles. The molecule has 1 heterocycles. The zero-order valence-electron chi connectivity index (χ0n) is 10.7. The molecule has 5 heteroatoms. The van der Waals surface area contributed by atoms with E-state index in [2.05, 4.69) is 10.6 Å². The lowest BCUT2D eigenvalue weighted by molar-refractivity contribution is -0.121. The zero-order chi connectivity index (χ0) is 13.5. The van der Waals surface area contributed by atoms with E-state index in [1.807, 2.05) is 30.3 Å². The van der Waals surface area contributed by atoms with Crippen molar-refractivity contribution in [1.82, 2.24) is 10.6 Å². The topological polar surface area (TPSA) is 67.4 Å². The lowest BCUT2D eigenvalue weighted by atomic mass is 10.1. The fourth-order valence-electron chi connectivity index (χ4n) is 2.03. The van der Waals surface area contributed by atoms with Crippen LogP contribution in [0.4, 0.5) is 4.79 Å². The first kappa shape index (κ1) is 13.4. The summed E-state index contributed by atoms with van der Waals surface area (Å²) in [5.41, 5.74) is 0.941. The Hall–Kier alpha value is -2.04. The van der Waals surface area contributed by atoms with E-state index in [1.54, 1.807) is 0 Å². The van der Waals surface area contributed by atoms with Gasteiger partial charge in [-0.3, -0.25) is 4.79 Å². The van der Waals surface area contributed by atoms with Gasteiger partial charge in [0, 0.05) is 19.0 Å². The first-order valence-corrected chi connectivity index (χ1v) is 6.48. The summed E-state index contributed by atoms with van der Waals surface area (Å²) in [4.78, 5) is 23.0. The maximum Gasteiger partial charge on any atom is 0.407 e. The van der Waals surface area contributed by atoms with Crippen LogP contribution in [0.1, 0.15) is 24.8 Å². The molecule has 102 valence electrons. The van der Waals surface area contributed by atoms with Crippen LogP contribution >= 0.6 is 0 Å². The molecule has 5 nitrogen and oxygen atoms in total. The molecule has 2 rings (SSSR count). The van der Waals surface area contributed by atoms with Crippen LogP contribution in [0, 0.1) is 0 Å². The van der Waals surface area contributed by atoms with Crippen LogP contribution in [-0.4, -0.2) is 24.6 Å². The van der Waals surface area contributed by atoms with Crippen molar-refractivity contribution in [3.8, 4) is 0 Å². The molecule has 0 radical (unpaired) electrons. The van der Waals surface area contributed by atoms with Crippen molar-refractivity contribution in [2.75, 3.05) is 6.54 Å². The van der Waals surface area contributed by atoms with Crippen LogP contribution in [-0.2, 0) is 16.1 Å². The number of rotatable bonds is 3. The van der Waals surface area contributed by atoms with Crippen molar-refractivity contribution in [1.29, 1.82) is 0 Å². The van der Waals surface area contributed by atoms with E-state index in [0.29, 0.717) is 13.0 Å². The van der Waals surface area contributed by atoms with Crippen molar-refractivity contribution in [2.45, 2.75) is 31.9 Å². The molecule has 0 spiro atoms. The van der Waals surface area contributed by atoms with E-state index in [1.165, 1.54) is 0 Å². The maximum atomic E-state index is 11.6. The number of carbonyl (C=O) groups is 2. The normalized spacial score (nSPS) is 19.2. The monoisotopic (exact) mass is 262 g/mol. The smallest absolute Gasteiger partial charge is 0.407 e. The van der Waals surface area contributed by atoms with Gasteiger partial charge in [0.1, 0.15) is 6.61 Å². The van der Waals surface area contributed by atoms with Crippen molar-refractivity contribution in [2.24, 2.45) is 0 Å². The molecular weight excluding hydrogens is 244 g/mol. The summed E-state index contributed by atoms with van der Waals surface area (Å²) >= 11 is 0. The average Bonchev–Trinajstić information content (AvgIpc) is 2.62. The predicted octanol–water partition coefficient (Wildman–Crippen LogP) is 1.58. The first-order valence-electron chi connectivity index (χ1n) is 6.48. The van der Waals surface area contributed by atoms with Gasteiger partial charge in [-0.05, 0) is 18.4 Å².